The first-order valence-electron chi connectivity index (χ1n) is 9.07. The number of alkyl halides is 1. The van der Waals surface area contributed by atoms with E-state index in [4.69, 9.17) is 0 Å². The quantitative estimate of drug-likeness (QED) is 0.669. The van der Waals surface area contributed by atoms with Crippen molar-refractivity contribution in [1.82, 2.24) is 9.97 Å². The van der Waals surface area contributed by atoms with Crippen LogP contribution >= 0.6 is 11.3 Å². The summed E-state index contributed by atoms with van der Waals surface area (Å²) in [5.41, 5.74) is 0.870. The van der Waals surface area contributed by atoms with Crippen LogP contribution in [-0.2, 0) is 0 Å². The maximum absolute atomic E-state index is 14.0. The van der Waals surface area contributed by atoms with Gasteiger partial charge in [0.25, 0.3) is 5.91 Å². The molecule has 0 spiro atoms. The topological polar surface area (TPSA) is 58.1 Å². The molecule has 5 nitrogen and oxygen atoms in total. The van der Waals surface area contributed by atoms with Gasteiger partial charge in [-0.2, -0.15) is 0 Å². The van der Waals surface area contributed by atoms with E-state index in [2.05, 4.69) is 15.3 Å². The molecule has 0 radical (unpaired) electrons. The van der Waals surface area contributed by atoms with Crippen molar-refractivity contribution >= 4 is 28.6 Å². The number of pyridine rings is 1. The SMILES string of the molecule is O=C(Nc1cnccc1N1CCC[C@H](F)C1)c1csc(-c2c(F)cccc2F)n1. The van der Waals surface area contributed by atoms with Gasteiger partial charge in [-0.25, -0.2) is 18.2 Å². The fourth-order valence-electron chi connectivity index (χ4n) is 3.28. The van der Waals surface area contributed by atoms with E-state index in [0.717, 1.165) is 29.9 Å². The minimum absolute atomic E-state index is 0.0319. The Morgan fingerprint density at radius 2 is 2.03 bits per heavy atom. The molecule has 1 amide bonds. The number of amides is 1. The van der Waals surface area contributed by atoms with Crippen molar-refractivity contribution in [2.24, 2.45) is 0 Å². The first-order valence-corrected chi connectivity index (χ1v) is 9.95. The minimum atomic E-state index is -0.919. The van der Waals surface area contributed by atoms with E-state index in [9.17, 15) is 18.0 Å². The number of aromatic nitrogens is 2. The number of piperidine rings is 1. The zero-order valence-corrected chi connectivity index (χ0v) is 16.1. The number of anilines is 2. The number of halogens is 3. The molecule has 0 aliphatic carbocycles. The highest BCUT2D eigenvalue weighted by molar-refractivity contribution is 7.13. The lowest BCUT2D eigenvalue weighted by Crippen LogP contribution is -2.37. The van der Waals surface area contributed by atoms with Gasteiger partial charge in [-0.3, -0.25) is 9.78 Å². The van der Waals surface area contributed by atoms with Gasteiger partial charge in [-0.15, -0.1) is 11.3 Å². The van der Waals surface area contributed by atoms with Crippen LogP contribution in [0.2, 0.25) is 0 Å². The third-order valence-electron chi connectivity index (χ3n) is 4.66. The van der Waals surface area contributed by atoms with Crippen molar-refractivity contribution in [3.8, 4) is 10.6 Å². The molecule has 2 aromatic heterocycles. The van der Waals surface area contributed by atoms with Crippen LogP contribution in [0.3, 0.4) is 0 Å². The number of nitrogens with one attached hydrogen (secondary N) is 1. The average Bonchev–Trinajstić information content (AvgIpc) is 3.18. The number of thiazole rings is 1. The second-order valence-electron chi connectivity index (χ2n) is 6.67. The van der Waals surface area contributed by atoms with Gasteiger partial charge in [0.2, 0.25) is 0 Å². The maximum atomic E-state index is 14.0. The van der Waals surface area contributed by atoms with E-state index in [1.54, 1.807) is 12.3 Å². The fourth-order valence-corrected chi connectivity index (χ4v) is 4.13. The number of hydrogen-bond acceptors (Lipinski definition) is 5. The summed E-state index contributed by atoms with van der Waals surface area (Å²) in [7, 11) is 0. The number of carbonyl (C=O) groups is 1. The van der Waals surface area contributed by atoms with Gasteiger partial charge in [0.05, 0.1) is 23.1 Å². The van der Waals surface area contributed by atoms with Crippen molar-refractivity contribution in [3.63, 3.8) is 0 Å². The average molecular weight is 418 g/mol. The Morgan fingerprint density at radius 1 is 1.24 bits per heavy atom. The summed E-state index contributed by atoms with van der Waals surface area (Å²) in [5.74, 6) is -2.02. The van der Waals surface area contributed by atoms with E-state index in [0.29, 0.717) is 24.3 Å². The van der Waals surface area contributed by atoms with Gasteiger partial charge in [0, 0.05) is 24.7 Å². The Hall–Kier alpha value is -2.94. The lowest BCUT2D eigenvalue weighted by molar-refractivity contribution is 0.102. The smallest absolute Gasteiger partial charge is 0.275 e. The number of hydrogen-bond donors (Lipinski definition) is 1. The summed E-state index contributed by atoms with van der Waals surface area (Å²) in [6, 6.07) is 5.26. The molecule has 1 fully saturated rings. The van der Waals surface area contributed by atoms with E-state index in [1.165, 1.54) is 17.6 Å². The second-order valence-corrected chi connectivity index (χ2v) is 7.53. The summed E-state index contributed by atoms with van der Waals surface area (Å²) < 4.78 is 41.7. The van der Waals surface area contributed by atoms with Crippen LogP contribution in [0.1, 0.15) is 23.3 Å². The number of benzene rings is 1. The van der Waals surface area contributed by atoms with Gasteiger partial charge in [-0.05, 0) is 31.0 Å². The largest absolute Gasteiger partial charge is 0.367 e. The molecule has 4 rings (SSSR count). The predicted octanol–water partition coefficient (Wildman–Crippen LogP) is 4.67. The molecule has 1 saturated heterocycles. The van der Waals surface area contributed by atoms with Gasteiger partial charge in [0.1, 0.15) is 28.5 Å². The molecule has 0 bridgehead atoms. The standard InChI is InChI=1S/C20H17F3N4OS/c21-12-3-2-8-27(10-12)17-6-7-24-9-15(17)25-19(28)16-11-29-20(26-16)18-13(22)4-1-5-14(18)23/h1,4-7,9,11-12H,2-3,8,10H2,(H,25,28)/t12-/m0/s1. The van der Waals surface area contributed by atoms with Crippen LogP contribution in [-0.4, -0.2) is 35.1 Å². The zero-order valence-electron chi connectivity index (χ0n) is 15.2. The lowest BCUT2D eigenvalue weighted by Gasteiger charge is -2.32. The van der Waals surface area contributed by atoms with Gasteiger partial charge in [-0.1, -0.05) is 6.07 Å². The van der Waals surface area contributed by atoms with Crippen molar-refractivity contribution in [2.75, 3.05) is 23.3 Å². The van der Waals surface area contributed by atoms with Crippen molar-refractivity contribution in [3.05, 3.63) is 59.4 Å². The van der Waals surface area contributed by atoms with Crippen LogP contribution in [0, 0.1) is 11.6 Å². The van der Waals surface area contributed by atoms with Gasteiger partial charge < -0.3 is 10.2 Å². The number of carbonyl (C=O) groups excluding carboxylic acids is 1. The Kier molecular flexibility index (Phi) is 5.48. The van der Waals surface area contributed by atoms with Crippen LogP contribution in [0.25, 0.3) is 10.6 Å². The molecule has 3 aromatic rings. The van der Waals surface area contributed by atoms with E-state index < -0.39 is 23.7 Å². The van der Waals surface area contributed by atoms with Crippen molar-refractivity contribution in [2.45, 2.75) is 19.0 Å². The molecule has 1 aliphatic heterocycles. The van der Waals surface area contributed by atoms with E-state index in [1.807, 2.05) is 4.90 Å². The molecule has 1 N–H and O–H groups in total. The summed E-state index contributed by atoms with van der Waals surface area (Å²) >= 11 is 0.975. The zero-order chi connectivity index (χ0) is 20.4. The van der Waals surface area contributed by atoms with Gasteiger partial charge in [0.15, 0.2) is 0 Å². The van der Waals surface area contributed by atoms with Gasteiger partial charge >= 0.3 is 0 Å². The molecule has 0 unspecified atom stereocenters. The fraction of sp³-hybridized carbons (Fsp3) is 0.250. The molecule has 1 aliphatic rings. The summed E-state index contributed by atoms with van der Waals surface area (Å²) in [4.78, 5) is 22.6. The Morgan fingerprint density at radius 3 is 2.79 bits per heavy atom. The monoisotopic (exact) mass is 418 g/mol. The van der Waals surface area contributed by atoms with E-state index >= 15 is 0 Å². The van der Waals surface area contributed by atoms with E-state index in [-0.39, 0.29) is 22.8 Å². The Balaban J connectivity index is 1.56. The van der Waals surface area contributed by atoms with Crippen LogP contribution in [0.5, 0.6) is 0 Å². The second kappa shape index (κ2) is 8.20. The van der Waals surface area contributed by atoms with Crippen molar-refractivity contribution in [1.29, 1.82) is 0 Å². The molecule has 150 valence electrons. The normalized spacial score (nSPS) is 16.7. The minimum Gasteiger partial charge on any atom is -0.367 e. The maximum Gasteiger partial charge on any atom is 0.275 e. The first-order chi connectivity index (χ1) is 14.0. The van der Waals surface area contributed by atoms with Crippen LogP contribution < -0.4 is 10.2 Å². The molecule has 29 heavy (non-hydrogen) atoms. The lowest BCUT2D eigenvalue weighted by atomic mass is 10.1. The third-order valence-corrected chi connectivity index (χ3v) is 5.52. The molecular formula is C20H17F3N4OS. The summed E-state index contributed by atoms with van der Waals surface area (Å²) in [6.45, 7) is 0.932. The predicted molar refractivity (Wildman–Crippen MR) is 106 cm³/mol. The number of rotatable bonds is 4. The molecule has 1 aromatic carbocycles. The Labute approximate surface area is 169 Å². The molecule has 3 heterocycles. The van der Waals surface area contributed by atoms with Crippen molar-refractivity contribution < 1.29 is 18.0 Å². The highest BCUT2D eigenvalue weighted by Gasteiger charge is 2.23. The first kappa shape index (κ1) is 19.4. The molecule has 0 saturated carbocycles. The highest BCUT2D eigenvalue weighted by Crippen LogP contribution is 2.31. The summed E-state index contributed by atoms with van der Waals surface area (Å²) in [5, 5.41) is 4.24. The van der Waals surface area contributed by atoms with Crippen LogP contribution in [0.4, 0.5) is 24.5 Å². The van der Waals surface area contributed by atoms with Crippen LogP contribution in [0.15, 0.2) is 42.0 Å². The highest BCUT2D eigenvalue weighted by atomic mass is 32.1. The summed E-state index contributed by atoms with van der Waals surface area (Å²) in [6.07, 6.45) is 3.39. The molecular weight excluding hydrogens is 401 g/mol. The Bertz CT molecular complexity index is 1020. The number of nitrogens with zero attached hydrogens (tertiary/aromatic N) is 3. The third kappa shape index (κ3) is 4.09. The molecule has 1 atom stereocenters. The molecule has 9 heteroatoms.